The molecule has 0 aliphatic heterocycles. The Kier molecular flexibility index (Phi) is 13.5. The summed E-state index contributed by atoms with van der Waals surface area (Å²) in [5, 5.41) is 4.26. The van der Waals surface area contributed by atoms with Gasteiger partial charge in [0.1, 0.15) is 7.11 Å². The third kappa shape index (κ3) is 9.98. The molecule has 0 unspecified atom stereocenters. The highest BCUT2D eigenvalue weighted by molar-refractivity contribution is 5.86. The predicted molar refractivity (Wildman–Crippen MR) is 85.7 cm³/mol. The highest BCUT2D eigenvalue weighted by atomic mass is 16.6. The Morgan fingerprint density at radius 2 is 1.37 bits per heavy atom. The molecule has 0 rings (SSSR count). The van der Waals surface area contributed by atoms with Gasteiger partial charge in [-0.1, -0.05) is 77.3 Å². The fraction of sp³-hybridized carbons (Fsp3) is 0.941. The van der Waals surface area contributed by atoms with Gasteiger partial charge in [0.05, 0.1) is 5.71 Å². The van der Waals surface area contributed by atoms with E-state index in [1.54, 1.807) is 7.11 Å². The molecule has 0 aliphatic rings. The Morgan fingerprint density at radius 3 is 1.74 bits per heavy atom. The number of rotatable bonds is 13. The molecule has 0 bridgehead atoms. The van der Waals surface area contributed by atoms with Crippen LogP contribution >= 0.6 is 0 Å². The van der Waals surface area contributed by atoms with Gasteiger partial charge in [0.15, 0.2) is 0 Å². The van der Waals surface area contributed by atoms with E-state index in [4.69, 9.17) is 4.84 Å². The Labute approximate surface area is 121 Å². The number of hydrogen-bond acceptors (Lipinski definition) is 2. The molecule has 0 amide bonds. The summed E-state index contributed by atoms with van der Waals surface area (Å²) in [4.78, 5) is 5.02. The van der Waals surface area contributed by atoms with Gasteiger partial charge in [0.25, 0.3) is 0 Å². The van der Waals surface area contributed by atoms with Gasteiger partial charge < -0.3 is 4.84 Å². The van der Waals surface area contributed by atoms with Crippen molar-refractivity contribution >= 4 is 5.71 Å². The first kappa shape index (κ1) is 18.5. The van der Waals surface area contributed by atoms with Gasteiger partial charge in [-0.25, -0.2) is 0 Å². The Morgan fingerprint density at radius 1 is 0.842 bits per heavy atom. The van der Waals surface area contributed by atoms with Gasteiger partial charge in [0.2, 0.25) is 0 Å². The maximum atomic E-state index is 5.02. The van der Waals surface area contributed by atoms with Gasteiger partial charge in [-0.2, -0.15) is 0 Å². The number of hydrogen-bond donors (Lipinski definition) is 0. The van der Waals surface area contributed by atoms with Crippen LogP contribution in [0.4, 0.5) is 0 Å². The zero-order valence-corrected chi connectivity index (χ0v) is 13.7. The summed E-state index contributed by atoms with van der Waals surface area (Å²) in [6.07, 6.45) is 14.4. The normalized spacial score (nSPS) is 12.2. The number of unbranched alkanes of at least 4 members (excludes halogenated alkanes) is 6. The predicted octanol–water partition coefficient (Wildman–Crippen LogP) is 5.96. The van der Waals surface area contributed by atoms with E-state index >= 15 is 0 Å². The molecule has 0 N–H and O–H groups in total. The fourth-order valence-electron chi connectivity index (χ4n) is 2.66. The van der Waals surface area contributed by atoms with Crippen LogP contribution in [-0.4, -0.2) is 12.8 Å². The molecule has 0 radical (unpaired) electrons. The third-order valence-corrected chi connectivity index (χ3v) is 3.85. The van der Waals surface area contributed by atoms with Crippen molar-refractivity contribution in [1.82, 2.24) is 0 Å². The van der Waals surface area contributed by atoms with E-state index in [9.17, 15) is 0 Å². The highest BCUT2D eigenvalue weighted by Crippen LogP contribution is 2.21. The summed E-state index contributed by atoms with van der Waals surface area (Å²) in [6, 6.07) is 0. The van der Waals surface area contributed by atoms with Crippen LogP contribution in [-0.2, 0) is 4.84 Å². The smallest absolute Gasteiger partial charge is 0.106 e. The van der Waals surface area contributed by atoms with Crippen molar-refractivity contribution in [3.8, 4) is 0 Å². The van der Waals surface area contributed by atoms with Gasteiger partial charge in [-0.3, -0.25) is 0 Å². The summed E-state index contributed by atoms with van der Waals surface area (Å²) < 4.78 is 0. The van der Waals surface area contributed by atoms with Crippen LogP contribution in [0.15, 0.2) is 5.16 Å². The lowest BCUT2D eigenvalue weighted by Crippen LogP contribution is -2.14. The monoisotopic (exact) mass is 269 g/mol. The lowest BCUT2D eigenvalue weighted by atomic mass is 9.89. The molecular weight excluding hydrogens is 234 g/mol. The van der Waals surface area contributed by atoms with Crippen LogP contribution in [0.2, 0.25) is 0 Å². The largest absolute Gasteiger partial charge is 0.399 e. The maximum Gasteiger partial charge on any atom is 0.106 e. The molecular formula is C17H35NO. The molecule has 0 saturated carbocycles. The van der Waals surface area contributed by atoms with Crippen LogP contribution in [0.3, 0.4) is 0 Å². The minimum atomic E-state index is 0.652. The second-order valence-electron chi connectivity index (χ2n) is 5.51. The zero-order chi connectivity index (χ0) is 14.3. The Balaban J connectivity index is 4.16. The van der Waals surface area contributed by atoms with Crippen molar-refractivity contribution in [2.45, 2.75) is 91.4 Å². The topological polar surface area (TPSA) is 21.6 Å². The van der Waals surface area contributed by atoms with Crippen LogP contribution in [0, 0.1) is 5.92 Å². The molecule has 0 fully saturated rings. The van der Waals surface area contributed by atoms with Gasteiger partial charge in [-0.05, 0) is 19.3 Å². The average Bonchev–Trinajstić information content (AvgIpc) is 2.43. The lowest BCUT2D eigenvalue weighted by molar-refractivity contribution is 0.209. The van der Waals surface area contributed by atoms with Crippen LogP contribution in [0.25, 0.3) is 0 Å². The molecule has 0 aromatic heterocycles. The van der Waals surface area contributed by atoms with Crippen LogP contribution in [0.5, 0.6) is 0 Å². The highest BCUT2D eigenvalue weighted by Gasteiger charge is 2.14. The lowest BCUT2D eigenvalue weighted by Gasteiger charge is -2.18. The fourth-order valence-corrected chi connectivity index (χ4v) is 2.66. The van der Waals surface area contributed by atoms with Crippen LogP contribution in [0.1, 0.15) is 91.4 Å². The molecule has 2 nitrogen and oxygen atoms in total. The van der Waals surface area contributed by atoms with Crippen molar-refractivity contribution < 1.29 is 4.84 Å². The summed E-state index contributed by atoms with van der Waals surface area (Å²) in [6.45, 7) is 6.74. The SMILES string of the molecule is CCCCCCC(CCCCCC)/C(CC)=N/OC. The molecule has 0 aromatic rings. The number of nitrogens with zero attached hydrogens (tertiary/aromatic N) is 1. The Hall–Kier alpha value is -0.530. The van der Waals surface area contributed by atoms with E-state index in [1.165, 1.54) is 69.9 Å². The standard InChI is InChI=1S/C17H35NO/c1-5-8-10-12-14-16(15-13-11-9-6-2)17(7-3)18-19-4/h16H,5-15H2,1-4H3/b18-17+. The van der Waals surface area contributed by atoms with E-state index in [-0.39, 0.29) is 0 Å². The third-order valence-electron chi connectivity index (χ3n) is 3.85. The first-order chi connectivity index (χ1) is 9.29. The van der Waals surface area contributed by atoms with E-state index in [0.29, 0.717) is 5.92 Å². The molecule has 114 valence electrons. The Bertz CT molecular complexity index is 201. The van der Waals surface area contributed by atoms with Crippen molar-refractivity contribution in [3.05, 3.63) is 0 Å². The maximum absolute atomic E-state index is 5.02. The van der Waals surface area contributed by atoms with E-state index in [0.717, 1.165) is 6.42 Å². The molecule has 0 aliphatic carbocycles. The van der Waals surface area contributed by atoms with E-state index in [2.05, 4.69) is 25.9 Å². The van der Waals surface area contributed by atoms with Crippen molar-refractivity contribution in [1.29, 1.82) is 0 Å². The van der Waals surface area contributed by atoms with Crippen LogP contribution < -0.4 is 0 Å². The first-order valence-corrected chi connectivity index (χ1v) is 8.39. The van der Waals surface area contributed by atoms with Crippen molar-refractivity contribution in [2.24, 2.45) is 11.1 Å². The zero-order valence-electron chi connectivity index (χ0n) is 13.7. The molecule has 0 aromatic carbocycles. The summed E-state index contributed by atoms with van der Waals surface area (Å²) in [7, 11) is 1.67. The van der Waals surface area contributed by atoms with Crippen molar-refractivity contribution in [3.63, 3.8) is 0 Å². The molecule has 2 heteroatoms. The minimum absolute atomic E-state index is 0.652. The van der Waals surface area contributed by atoms with E-state index < -0.39 is 0 Å². The summed E-state index contributed by atoms with van der Waals surface area (Å²) >= 11 is 0. The summed E-state index contributed by atoms with van der Waals surface area (Å²) in [5.41, 5.74) is 1.27. The van der Waals surface area contributed by atoms with Crippen molar-refractivity contribution in [2.75, 3.05) is 7.11 Å². The summed E-state index contributed by atoms with van der Waals surface area (Å²) in [5.74, 6) is 0.652. The second-order valence-corrected chi connectivity index (χ2v) is 5.51. The molecule has 0 heterocycles. The van der Waals surface area contributed by atoms with E-state index in [1.807, 2.05) is 0 Å². The quantitative estimate of drug-likeness (QED) is 0.230. The second kappa shape index (κ2) is 13.9. The molecule has 0 spiro atoms. The van der Waals surface area contributed by atoms with Gasteiger partial charge in [-0.15, -0.1) is 0 Å². The molecule has 0 atom stereocenters. The average molecular weight is 269 g/mol. The molecule has 0 saturated heterocycles. The first-order valence-electron chi connectivity index (χ1n) is 8.39. The number of oxime groups is 1. The minimum Gasteiger partial charge on any atom is -0.399 e. The van der Waals surface area contributed by atoms with Gasteiger partial charge in [0, 0.05) is 5.92 Å². The molecule has 19 heavy (non-hydrogen) atoms. The van der Waals surface area contributed by atoms with Gasteiger partial charge >= 0.3 is 0 Å².